The Hall–Kier alpha value is -3.78. The van der Waals surface area contributed by atoms with Crippen LogP contribution in [-0.2, 0) is 24.9 Å². The zero-order valence-electron chi connectivity index (χ0n) is 19.4. The lowest BCUT2D eigenvalue weighted by Gasteiger charge is -2.36. The molecule has 3 heterocycles. The number of hydrogen-bond donors (Lipinski definition) is 0. The highest BCUT2D eigenvalue weighted by Gasteiger charge is 2.24. The Labute approximate surface area is 199 Å². The molecule has 174 valence electrons. The van der Waals surface area contributed by atoms with Crippen LogP contribution >= 0.6 is 0 Å². The van der Waals surface area contributed by atoms with Gasteiger partial charge in [-0.15, -0.1) is 0 Å². The number of anilines is 1. The molecule has 0 saturated carbocycles. The van der Waals surface area contributed by atoms with Gasteiger partial charge in [0, 0.05) is 46.3 Å². The summed E-state index contributed by atoms with van der Waals surface area (Å²) in [5.74, 6) is 1.07. The van der Waals surface area contributed by atoms with Crippen LogP contribution < -0.4 is 4.90 Å². The van der Waals surface area contributed by atoms with E-state index in [1.807, 2.05) is 54.5 Å². The van der Waals surface area contributed by atoms with Crippen LogP contribution in [0.15, 0.2) is 73.2 Å². The first-order chi connectivity index (χ1) is 16.7. The lowest BCUT2D eigenvalue weighted by Crippen LogP contribution is -2.50. The summed E-state index contributed by atoms with van der Waals surface area (Å²) in [6.45, 7) is 4.86. The van der Waals surface area contributed by atoms with Crippen LogP contribution in [0.2, 0.25) is 0 Å². The van der Waals surface area contributed by atoms with Gasteiger partial charge in [0.05, 0.1) is 18.1 Å². The fourth-order valence-corrected chi connectivity index (χ4v) is 4.45. The average molecular weight is 456 g/mol. The van der Waals surface area contributed by atoms with Crippen LogP contribution in [-0.4, -0.2) is 68.2 Å². The van der Waals surface area contributed by atoms with E-state index < -0.39 is 0 Å². The van der Waals surface area contributed by atoms with Gasteiger partial charge in [0.25, 0.3) is 0 Å². The van der Waals surface area contributed by atoms with Crippen LogP contribution in [0.3, 0.4) is 0 Å². The Balaban J connectivity index is 1.24. The molecule has 0 unspecified atom stereocenters. The highest BCUT2D eigenvalue weighted by molar-refractivity contribution is 5.86. The van der Waals surface area contributed by atoms with Crippen molar-refractivity contribution in [1.82, 2.24) is 29.5 Å². The molecule has 0 bridgehead atoms. The minimum atomic E-state index is 0.151. The highest BCUT2D eigenvalue weighted by atomic mass is 16.2. The minimum absolute atomic E-state index is 0.151. The largest absolute Gasteiger partial charge is 0.353 e. The van der Waals surface area contributed by atoms with Gasteiger partial charge < -0.3 is 9.80 Å². The summed E-state index contributed by atoms with van der Waals surface area (Å²) in [6.07, 6.45) is 3.42. The number of benzene rings is 2. The topological polar surface area (TPSA) is 70.4 Å². The van der Waals surface area contributed by atoms with Crippen molar-refractivity contribution in [2.45, 2.75) is 13.1 Å². The molecule has 5 rings (SSSR count). The van der Waals surface area contributed by atoms with Gasteiger partial charge in [-0.05, 0) is 11.1 Å². The van der Waals surface area contributed by atoms with E-state index in [-0.39, 0.29) is 5.91 Å². The first kappa shape index (κ1) is 22.0. The molecule has 1 fully saturated rings. The maximum absolute atomic E-state index is 13.4. The minimum Gasteiger partial charge on any atom is -0.353 e. The van der Waals surface area contributed by atoms with E-state index in [0.29, 0.717) is 19.6 Å². The molecule has 0 aliphatic carbocycles. The molecular weight excluding hydrogens is 426 g/mol. The Kier molecular flexibility index (Phi) is 6.49. The molecule has 0 atom stereocenters. The molecule has 8 heteroatoms. The smallest absolute Gasteiger partial charge is 0.237 e. The summed E-state index contributed by atoms with van der Waals surface area (Å²) >= 11 is 0. The third-order valence-corrected chi connectivity index (χ3v) is 6.32. The second-order valence-corrected chi connectivity index (χ2v) is 8.69. The Morgan fingerprint density at radius 3 is 2.12 bits per heavy atom. The molecule has 1 saturated heterocycles. The van der Waals surface area contributed by atoms with Gasteiger partial charge in [-0.2, -0.15) is 5.10 Å². The van der Waals surface area contributed by atoms with Crippen LogP contribution in [0.1, 0.15) is 11.1 Å². The van der Waals surface area contributed by atoms with Crippen LogP contribution in [0, 0.1) is 0 Å². The van der Waals surface area contributed by atoms with Gasteiger partial charge in [0.1, 0.15) is 12.1 Å². The second kappa shape index (κ2) is 10.0. The van der Waals surface area contributed by atoms with Crippen molar-refractivity contribution in [2.24, 2.45) is 7.05 Å². The monoisotopic (exact) mass is 455 g/mol. The van der Waals surface area contributed by atoms with Crippen LogP contribution in [0.25, 0.3) is 11.0 Å². The predicted octanol–water partition coefficient (Wildman–Crippen LogP) is 2.71. The zero-order chi connectivity index (χ0) is 23.3. The fraction of sp³-hybridized carbons (Fsp3) is 0.308. The van der Waals surface area contributed by atoms with Crippen molar-refractivity contribution >= 4 is 22.8 Å². The molecule has 34 heavy (non-hydrogen) atoms. The maximum atomic E-state index is 13.4. The molecule has 2 aromatic carbocycles. The molecule has 2 aromatic heterocycles. The van der Waals surface area contributed by atoms with E-state index in [4.69, 9.17) is 0 Å². The standard InChI is InChI=1S/C26H29N7O/c1-30-25-23(16-29-30)26(28-20-27-25)32-14-12-31(13-15-32)19-24(34)33(17-21-8-4-2-5-9-21)18-22-10-6-3-7-11-22/h2-11,16,20H,12-15,17-19H2,1H3. The van der Waals surface area contributed by atoms with Crippen molar-refractivity contribution < 1.29 is 4.79 Å². The Bertz CT molecular complexity index is 1190. The average Bonchev–Trinajstić information content (AvgIpc) is 3.26. The quantitative estimate of drug-likeness (QED) is 0.427. The Morgan fingerprint density at radius 1 is 0.882 bits per heavy atom. The summed E-state index contributed by atoms with van der Waals surface area (Å²) in [4.78, 5) is 28.7. The van der Waals surface area contributed by atoms with E-state index in [2.05, 4.69) is 49.1 Å². The van der Waals surface area contributed by atoms with Gasteiger partial charge >= 0.3 is 0 Å². The first-order valence-electron chi connectivity index (χ1n) is 11.6. The van der Waals surface area contributed by atoms with Gasteiger partial charge in [-0.3, -0.25) is 14.4 Å². The highest BCUT2D eigenvalue weighted by Crippen LogP contribution is 2.23. The molecular formula is C26H29N7O. The van der Waals surface area contributed by atoms with Gasteiger partial charge in [0.2, 0.25) is 5.91 Å². The summed E-state index contributed by atoms with van der Waals surface area (Å²) in [5.41, 5.74) is 3.11. The molecule has 8 nitrogen and oxygen atoms in total. The van der Waals surface area contributed by atoms with E-state index in [1.54, 1.807) is 11.0 Å². The summed E-state index contributed by atoms with van der Waals surface area (Å²) < 4.78 is 1.77. The third kappa shape index (κ3) is 4.92. The number of carbonyl (C=O) groups is 1. The van der Waals surface area contributed by atoms with Crippen molar-refractivity contribution in [1.29, 1.82) is 0 Å². The number of amides is 1. The summed E-state index contributed by atoms with van der Waals surface area (Å²) in [6, 6.07) is 20.4. The van der Waals surface area contributed by atoms with E-state index in [9.17, 15) is 4.79 Å². The summed E-state index contributed by atoms with van der Waals surface area (Å²) in [5, 5.41) is 5.28. The van der Waals surface area contributed by atoms with E-state index >= 15 is 0 Å². The van der Waals surface area contributed by atoms with Gasteiger partial charge in [0.15, 0.2) is 5.65 Å². The SMILES string of the molecule is Cn1ncc2c(N3CCN(CC(=O)N(Cc4ccccc4)Cc4ccccc4)CC3)ncnc21. The number of rotatable bonds is 7. The van der Waals surface area contributed by atoms with Gasteiger partial charge in [-0.25, -0.2) is 9.97 Å². The number of carbonyl (C=O) groups excluding carboxylic acids is 1. The molecule has 0 radical (unpaired) electrons. The lowest BCUT2D eigenvalue weighted by atomic mass is 10.1. The van der Waals surface area contributed by atoms with Crippen molar-refractivity contribution in [3.05, 3.63) is 84.3 Å². The number of hydrogen-bond acceptors (Lipinski definition) is 6. The zero-order valence-corrected chi connectivity index (χ0v) is 19.4. The number of nitrogens with zero attached hydrogens (tertiary/aromatic N) is 7. The van der Waals surface area contributed by atoms with Crippen LogP contribution in [0.4, 0.5) is 5.82 Å². The number of aryl methyl sites for hydroxylation is 1. The maximum Gasteiger partial charge on any atom is 0.237 e. The van der Waals surface area contributed by atoms with E-state index in [1.165, 1.54) is 0 Å². The van der Waals surface area contributed by atoms with Crippen LogP contribution in [0.5, 0.6) is 0 Å². The Morgan fingerprint density at radius 2 is 1.50 bits per heavy atom. The van der Waals surface area contributed by atoms with Gasteiger partial charge in [-0.1, -0.05) is 60.7 Å². The molecule has 0 N–H and O–H groups in total. The molecule has 4 aromatic rings. The third-order valence-electron chi connectivity index (χ3n) is 6.32. The van der Waals surface area contributed by atoms with E-state index in [0.717, 1.165) is 54.2 Å². The molecule has 0 spiro atoms. The number of fused-ring (bicyclic) bond motifs is 1. The second-order valence-electron chi connectivity index (χ2n) is 8.69. The van der Waals surface area contributed by atoms with Crippen molar-refractivity contribution in [3.63, 3.8) is 0 Å². The molecule has 1 aliphatic heterocycles. The lowest BCUT2D eigenvalue weighted by molar-refractivity contribution is -0.133. The molecule has 1 amide bonds. The number of aromatic nitrogens is 4. The summed E-state index contributed by atoms with van der Waals surface area (Å²) in [7, 11) is 1.89. The normalized spacial score (nSPS) is 14.4. The number of piperazine rings is 1. The van der Waals surface area contributed by atoms with Crippen molar-refractivity contribution in [2.75, 3.05) is 37.6 Å². The molecule has 1 aliphatic rings. The first-order valence-corrected chi connectivity index (χ1v) is 11.6. The fourth-order valence-electron chi connectivity index (χ4n) is 4.45. The predicted molar refractivity (Wildman–Crippen MR) is 132 cm³/mol. The van der Waals surface area contributed by atoms with Crippen molar-refractivity contribution in [3.8, 4) is 0 Å².